The minimum Gasteiger partial charge on any atom is -0.443 e. The summed E-state index contributed by atoms with van der Waals surface area (Å²) in [5.41, 5.74) is 4.93. The Bertz CT molecular complexity index is 293. The van der Waals surface area contributed by atoms with Crippen molar-refractivity contribution < 1.29 is 9.21 Å². The van der Waals surface area contributed by atoms with Gasteiger partial charge in [0.1, 0.15) is 12.2 Å². The van der Waals surface area contributed by atoms with Crippen molar-refractivity contribution >= 4 is 5.91 Å². The molecule has 1 aromatic rings. The maximum atomic E-state index is 10.5. The molecule has 0 aromatic carbocycles. The maximum Gasteiger partial charge on any atom is 0.231 e. The van der Waals surface area contributed by atoms with Crippen LogP contribution in [0.2, 0.25) is 0 Å². The van der Waals surface area contributed by atoms with E-state index < -0.39 is 5.91 Å². The van der Waals surface area contributed by atoms with Gasteiger partial charge in [0.05, 0.1) is 12.7 Å². The van der Waals surface area contributed by atoms with E-state index in [-0.39, 0.29) is 5.89 Å². The highest BCUT2D eigenvalue weighted by Gasteiger charge is 2.07. The molecule has 1 radical (unpaired) electrons. The van der Waals surface area contributed by atoms with Crippen LogP contribution in [0.15, 0.2) is 10.6 Å². The summed E-state index contributed by atoms with van der Waals surface area (Å²) in [5.74, 6) is 0.403. The predicted molar refractivity (Wildman–Crippen MR) is 46.5 cm³/mol. The van der Waals surface area contributed by atoms with Crippen molar-refractivity contribution in [3.63, 3.8) is 0 Å². The van der Waals surface area contributed by atoms with E-state index in [0.717, 1.165) is 6.42 Å². The molecule has 0 saturated carbocycles. The fraction of sp³-hybridized carbons (Fsp3) is 0.375. The molecule has 0 aliphatic rings. The Labute approximate surface area is 76.5 Å². The van der Waals surface area contributed by atoms with Crippen molar-refractivity contribution in [2.75, 3.05) is 14.1 Å². The number of carbonyl (C=O) groups is 1. The molecule has 1 heterocycles. The molecule has 0 saturated heterocycles. The number of amides is 1. The van der Waals surface area contributed by atoms with Gasteiger partial charge in [-0.3, -0.25) is 4.79 Å². The Balaban J connectivity index is 2.58. The minimum absolute atomic E-state index is 0.254. The number of oxazole rings is 1. The summed E-state index contributed by atoms with van der Waals surface area (Å²) >= 11 is 0. The monoisotopic (exact) mass is 182 g/mol. The van der Waals surface area contributed by atoms with Crippen molar-refractivity contribution in [3.05, 3.63) is 24.3 Å². The van der Waals surface area contributed by atoms with Crippen molar-refractivity contribution in [1.82, 2.24) is 9.88 Å². The molecule has 0 atom stereocenters. The van der Waals surface area contributed by atoms with Crippen LogP contribution in [0.4, 0.5) is 0 Å². The molecule has 0 aliphatic heterocycles. The summed E-state index contributed by atoms with van der Waals surface area (Å²) in [6.07, 6.45) is 2.73. The van der Waals surface area contributed by atoms with Crippen molar-refractivity contribution in [2.45, 2.75) is 6.54 Å². The lowest BCUT2D eigenvalue weighted by Gasteiger charge is -2.04. The SMILES string of the molecule is CN(C)Cc1cnc([CH]C(N)=O)o1. The van der Waals surface area contributed by atoms with Crippen LogP contribution < -0.4 is 5.73 Å². The number of aromatic nitrogens is 1. The predicted octanol–water partition coefficient (Wildman–Crippen LogP) is -0.226. The number of rotatable bonds is 4. The molecule has 1 amide bonds. The van der Waals surface area contributed by atoms with Gasteiger partial charge in [-0.2, -0.15) is 0 Å². The average Bonchev–Trinajstić information content (AvgIpc) is 2.33. The fourth-order valence-corrected chi connectivity index (χ4v) is 0.896. The summed E-state index contributed by atoms with van der Waals surface area (Å²) in [4.78, 5) is 16.3. The van der Waals surface area contributed by atoms with Crippen LogP contribution >= 0.6 is 0 Å². The van der Waals surface area contributed by atoms with Crippen LogP contribution in [0.1, 0.15) is 11.7 Å². The second-order valence-electron chi connectivity index (χ2n) is 2.95. The Morgan fingerprint density at radius 3 is 3.00 bits per heavy atom. The Morgan fingerprint density at radius 1 is 1.77 bits per heavy atom. The van der Waals surface area contributed by atoms with Gasteiger partial charge < -0.3 is 15.1 Å². The fourth-order valence-electron chi connectivity index (χ4n) is 0.896. The molecule has 0 spiro atoms. The highest BCUT2D eigenvalue weighted by atomic mass is 16.4. The van der Waals surface area contributed by atoms with Crippen molar-refractivity contribution in [2.24, 2.45) is 5.73 Å². The first-order valence-electron chi connectivity index (χ1n) is 3.81. The largest absolute Gasteiger partial charge is 0.443 e. The Hall–Kier alpha value is -1.36. The highest BCUT2D eigenvalue weighted by molar-refractivity contribution is 5.85. The third-order valence-corrected chi connectivity index (χ3v) is 1.31. The molecular weight excluding hydrogens is 170 g/mol. The lowest BCUT2D eigenvalue weighted by Crippen LogP contribution is -2.11. The number of nitrogens with two attached hydrogens (primary N) is 1. The summed E-state index contributed by atoms with van der Waals surface area (Å²) in [7, 11) is 3.83. The minimum atomic E-state index is -0.557. The van der Waals surface area contributed by atoms with E-state index in [9.17, 15) is 4.79 Å². The lowest BCUT2D eigenvalue weighted by atomic mass is 10.4. The number of hydrogen-bond acceptors (Lipinski definition) is 4. The quantitative estimate of drug-likeness (QED) is 0.698. The number of nitrogens with zero attached hydrogens (tertiary/aromatic N) is 2. The molecule has 0 fully saturated rings. The van der Waals surface area contributed by atoms with Gasteiger partial charge in [-0.05, 0) is 14.1 Å². The van der Waals surface area contributed by atoms with Gasteiger partial charge >= 0.3 is 0 Å². The third kappa shape index (κ3) is 3.25. The van der Waals surface area contributed by atoms with Gasteiger partial charge in [0, 0.05) is 0 Å². The number of carbonyl (C=O) groups excluding carboxylic acids is 1. The topological polar surface area (TPSA) is 72.4 Å². The normalized spacial score (nSPS) is 10.7. The summed E-state index contributed by atoms with van der Waals surface area (Å²) in [5, 5.41) is 0. The Morgan fingerprint density at radius 2 is 2.46 bits per heavy atom. The van der Waals surface area contributed by atoms with Crippen LogP contribution in [0, 0.1) is 6.42 Å². The molecule has 2 N–H and O–H groups in total. The first kappa shape index (κ1) is 9.73. The zero-order chi connectivity index (χ0) is 9.84. The second kappa shape index (κ2) is 4.04. The van der Waals surface area contributed by atoms with Crippen LogP contribution in [0.25, 0.3) is 0 Å². The average molecular weight is 182 g/mol. The summed E-state index contributed by atoms with van der Waals surface area (Å²) in [6, 6.07) is 0. The van der Waals surface area contributed by atoms with E-state index in [0.29, 0.717) is 12.3 Å². The third-order valence-electron chi connectivity index (χ3n) is 1.31. The zero-order valence-electron chi connectivity index (χ0n) is 7.65. The summed E-state index contributed by atoms with van der Waals surface area (Å²) < 4.78 is 5.20. The molecule has 13 heavy (non-hydrogen) atoms. The standard InChI is InChI=1S/C8H12N3O2/c1-11(2)5-6-4-10-8(13-6)3-7(9)12/h3-4H,5H2,1-2H3,(H2,9,12). The van der Waals surface area contributed by atoms with Crippen molar-refractivity contribution in [1.29, 1.82) is 0 Å². The molecule has 0 aliphatic carbocycles. The van der Waals surface area contributed by atoms with Gasteiger partial charge in [0.25, 0.3) is 0 Å². The molecule has 5 heteroatoms. The molecular formula is C8H12N3O2. The number of primary amides is 1. The van der Waals surface area contributed by atoms with E-state index in [4.69, 9.17) is 10.2 Å². The van der Waals surface area contributed by atoms with Crippen LogP contribution in [-0.2, 0) is 11.3 Å². The first-order valence-corrected chi connectivity index (χ1v) is 3.81. The molecule has 71 valence electrons. The van der Waals surface area contributed by atoms with Gasteiger partial charge in [0.15, 0.2) is 0 Å². The second-order valence-corrected chi connectivity index (χ2v) is 2.95. The van der Waals surface area contributed by atoms with Crippen LogP contribution in [0.5, 0.6) is 0 Å². The summed E-state index contributed by atoms with van der Waals surface area (Å²) in [6.45, 7) is 0.652. The first-order chi connectivity index (χ1) is 6.08. The van der Waals surface area contributed by atoms with Crippen LogP contribution in [0.3, 0.4) is 0 Å². The van der Waals surface area contributed by atoms with E-state index in [1.54, 1.807) is 6.20 Å². The van der Waals surface area contributed by atoms with Gasteiger partial charge in [-0.15, -0.1) is 0 Å². The molecule has 0 unspecified atom stereocenters. The Kier molecular flexibility index (Phi) is 3.02. The van der Waals surface area contributed by atoms with Gasteiger partial charge in [-0.1, -0.05) is 0 Å². The zero-order valence-corrected chi connectivity index (χ0v) is 7.65. The van der Waals surface area contributed by atoms with Crippen molar-refractivity contribution in [3.8, 4) is 0 Å². The molecule has 5 nitrogen and oxygen atoms in total. The van der Waals surface area contributed by atoms with E-state index in [1.165, 1.54) is 0 Å². The van der Waals surface area contributed by atoms with E-state index in [1.807, 2.05) is 19.0 Å². The van der Waals surface area contributed by atoms with E-state index in [2.05, 4.69) is 4.98 Å². The molecule has 1 aromatic heterocycles. The highest BCUT2D eigenvalue weighted by Crippen LogP contribution is 2.06. The van der Waals surface area contributed by atoms with E-state index >= 15 is 0 Å². The maximum absolute atomic E-state index is 10.5. The van der Waals surface area contributed by atoms with Gasteiger partial charge in [0.2, 0.25) is 11.8 Å². The van der Waals surface area contributed by atoms with Crippen LogP contribution in [-0.4, -0.2) is 29.9 Å². The molecule has 0 bridgehead atoms. The van der Waals surface area contributed by atoms with Gasteiger partial charge in [-0.25, -0.2) is 4.98 Å². The lowest BCUT2D eigenvalue weighted by molar-refractivity contribution is -0.114. The molecule has 1 rings (SSSR count). The smallest absolute Gasteiger partial charge is 0.231 e. The number of hydrogen-bond donors (Lipinski definition) is 1.